The Hall–Kier alpha value is -2.80. The zero-order chi connectivity index (χ0) is 18.5. The van der Waals surface area contributed by atoms with Crippen LogP contribution in [0.5, 0.6) is 11.5 Å². The minimum absolute atomic E-state index is 0.0694. The average Bonchev–Trinajstić information content (AvgIpc) is 2.93. The van der Waals surface area contributed by atoms with E-state index < -0.39 is 11.1 Å². The number of nitrogens with one attached hydrogen (secondary N) is 1. The van der Waals surface area contributed by atoms with Crippen molar-refractivity contribution in [2.75, 3.05) is 6.61 Å². The molecule has 0 atom stereocenters. The number of carbonyl (C=O) groups excluding carboxylic acids is 2. The van der Waals surface area contributed by atoms with Crippen LogP contribution in [0, 0.1) is 5.82 Å². The molecule has 7 heteroatoms. The fourth-order valence-electron chi connectivity index (χ4n) is 2.35. The molecule has 2 aromatic carbocycles. The molecule has 5 nitrogen and oxygen atoms in total. The second kappa shape index (κ2) is 8.05. The van der Waals surface area contributed by atoms with Crippen LogP contribution in [0.15, 0.2) is 47.4 Å². The number of hydrogen-bond acceptors (Lipinski definition) is 5. The molecule has 134 valence electrons. The summed E-state index contributed by atoms with van der Waals surface area (Å²) in [6, 6.07) is 11.5. The molecule has 3 rings (SSSR count). The third-order valence-corrected chi connectivity index (χ3v) is 4.36. The van der Waals surface area contributed by atoms with Crippen LogP contribution >= 0.6 is 11.8 Å². The van der Waals surface area contributed by atoms with E-state index in [-0.39, 0.29) is 12.4 Å². The lowest BCUT2D eigenvalue weighted by molar-refractivity contribution is -0.115. The molecular formula is C19H16FNO4S. The molecule has 0 saturated carbocycles. The van der Waals surface area contributed by atoms with Crippen LogP contribution in [0.2, 0.25) is 0 Å². The molecule has 26 heavy (non-hydrogen) atoms. The van der Waals surface area contributed by atoms with Crippen LogP contribution in [0.25, 0.3) is 6.08 Å². The van der Waals surface area contributed by atoms with E-state index in [0.29, 0.717) is 34.1 Å². The van der Waals surface area contributed by atoms with Crippen LogP contribution in [0.3, 0.4) is 0 Å². The van der Waals surface area contributed by atoms with E-state index in [1.54, 1.807) is 42.5 Å². The first-order valence-electron chi connectivity index (χ1n) is 7.94. The maximum atomic E-state index is 13.7. The van der Waals surface area contributed by atoms with Crippen molar-refractivity contribution in [2.45, 2.75) is 13.5 Å². The highest BCUT2D eigenvalue weighted by Gasteiger charge is 2.25. The van der Waals surface area contributed by atoms with Gasteiger partial charge >= 0.3 is 0 Å². The number of thioether (sulfide) groups is 1. The van der Waals surface area contributed by atoms with Crippen molar-refractivity contribution in [3.05, 3.63) is 64.3 Å². The lowest BCUT2D eigenvalue weighted by Crippen LogP contribution is -2.17. The minimum atomic E-state index is -0.419. The Morgan fingerprint density at radius 3 is 2.62 bits per heavy atom. The second-order valence-corrected chi connectivity index (χ2v) is 6.39. The molecule has 2 aromatic rings. The third kappa shape index (κ3) is 4.23. The van der Waals surface area contributed by atoms with E-state index in [1.807, 2.05) is 6.92 Å². The lowest BCUT2D eigenvalue weighted by atomic mass is 10.1. The molecule has 1 saturated heterocycles. The molecule has 1 heterocycles. The van der Waals surface area contributed by atoms with Crippen molar-refractivity contribution < 1.29 is 23.5 Å². The zero-order valence-electron chi connectivity index (χ0n) is 14.0. The number of ether oxygens (including phenoxy) is 2. The van der Waals surface area contributed by atoms with Gasteiger partial charge in [-0.25, -0.2) is 4.39 Å². The topological polar surface area (TPSA) is 64.6 Å². The highest BCUT2D eigenvalue weighted by molar-refractivity contribution is 8.18. The number of halogens is 1. The third-order valence-electron chi connectivity index (χ3n) is 3.55. The molecule has 0 radical (unpaired) electrons. The molecule has 0 spiro atoms. The van der Waals surface area contributed by atoms with E-state index in [2.05, 4.69) is 5.32 Å². The summed E-state index contributed by atoms with van der Waals surface area (Å²) >= 11 is 0.849. The van der Waals surface area contributed by atoms with Gasteiger partial charge in [-0.1, -0.05) is 24.3 Å². The van der Waals surface area contributed by atoms with Crippen molar-refractivity contribution in [1.29, 1.82) is 0 Å². The van der Waals surface area contributed by atoms with E-state index in [1.165, 1.54) is 6.07 Å². The van der Waals surface area contributed by atoms with E-state index in [0.717, 1.165) is 11.8 Å². The fourth-order valence-corrected chi connectivity index (χ4v) is 3.03. The molecule has 1 aliphatic rings. The highest BCUT2D eigenvalue weighted by atomic mass is 32.2. The Morgan fingerprint density at radius 1 is 1.12 bits per heavy atom. The van der Waals surface area contributed by atoms with Crippen LogP contribution in [0.4, 0.5) is 9.18 Å². The van der Waals surface area contributed by atoms with Gasteiger partial charge in [0.15, 0.2) is 11.5 Å². The van der Waals surface area contributed by atoms with Crippen molar-refractivity contribution in [1.82, 2.24) is 5.32 Å². The SMILES string of the molecule is CCOc1cc(/C=C2\SC(=O)NC2=O)ccc1OCc1ccccc1F. The summed E-state index contributed by atoms with van der Waals surface area (Å²) in [6.45, 7) is 2.33. The van der Waals surface area contributed by atoms with Crippen LogP contribution in [0.1, 0.15) is 18.1 Å². The monoisotopic (exact) mass is 373 g/mol. The Bertz CT molecular complexity index is 882. The second-order valence-electron chi connectivity index (χ2n) is 5.37. The Morgan fingerprint density at radius 2 is 1.92 bits per heavy atom. The van der Waals surface area contributed by atoms with Gasteiger partial charge in [0.2, 0.25) is 0 Å². The molecule has 1 fully saturated rings. The van der Waals surface area contributed by atoms with Crippen molar-refractivity contribution in [3.63, 3.8) is 0 Å². The van der Waals surface area contributed by atoms with E-state index in [9.17, 15) is 14.0 Å². The van der Waals surface area contributed by atoms with Gasteiger partial charge in [-0.3, -0.25) is 14.9 Å². The maximum Gasteiger partial charge on any atom is 0.290 e. The molecule has 1 N–H and O–H groups in total. The fraction of sp³-hybridized carbons (Fsp3) is 0.158. The van der Waals surface area contributed by atoms with Gasteiger partial charge in [0.05, 0.1) is 11.5 Å². The minimum Gasteiger partial charge on any atom is -0.490 e. The molecule has 0 aromatic heterocycles. The first-order chi connectivity index (χ1) is 12.6. The van der Waals surface area contributed by atoms with Gasteiger partial charge in [-0.15, -0.1) is 0 Å². The summed E-state index contributed by atoms with van der Waals surface area (Å²) in [7, 11) is 0. The van der Waals surface area contributed by atoms with Gasteiger partial charge in [-0.05, 0) is 48.5 Å². The standard InChI is InChI=1S/C19H16FNO4S/c1-2-24-16-9-12(10-17-18(22)21-19(23)26-17)7-8-15(16)25-11-13-5-3-4-6-14(13)20/h3-10H,2,11H2,1H3,(H,21,22,23)/b17-10-. The number of amides is 2. The summed E-state index contributed by atoms with van der Waals surface area (Å²) in [5, 5.41) is 1.81. The summed E-state index contributed by atoms with van der Waals surface area (Å²) < 4.78 is 25.0. The number of carbonyl (C=O) groups is 2. The first-order valence-corrected chi connectivity index (χ1v) is 8.76. The summed E-state index contributed by atoms with van der Waals surface area (Å²) in [5.74, 6) is 0.198. The van der Waals surface area contributed by atoms with Gasteiger partial charge in [-0.2, -0.15) is 0 Å². The number of rotatable bonds is 6. The molecule has 1 aliphatic heterocycles. The van der Waals surface area contributed by atoms with Gasteiger partial charge in [0.1, 0.15) is 12.4 Å². The maximum absolute atomic E-state index is 13.7. The number of benzene rings is 2. The Balaban J connectivity index is 1.80. The summed E-state index contributed by atoms with van der Waals surface area (Å²) in [6.07, 6.45) is 1.61. The molecule has 2 amide bonds. The Labute approximate surface area is 154 Å². The molecular weight excluding hydrogens is 357 g/mol. The van der Waals surface area contributed by atoms with Crippen LogP contribution < -0.4 is 14.8 Å². The highest BCUT2D eigenvalue weighted by Crippen LogP contribution is 2.32. The lowest BCUT2D eigenvalue weighted by Gasteiger charge is -2.13. The number of imide groups is 1. The van der Waals surface area contributed by atoms with Crippen molar-refractivity contribution >= 4 is 29.0 Å². The quantitative estimate of drug-likeness (QED) is 0.772. The van der Waals surface area contributed by atoms with Gasteiger partial charge < -0.3 is 9.47 Å². The molecule has 0 aliphatic carbocycles. The Kier molecular flexibility index (Phi) is 5.58. The van der Waals surface area contributed by atoms with Crippen molar-refractivity contribution in [2.24, 2.45) is 0 Å². The average molecular weight is 373 g/mol. The predicted molar refractivity (Wildman–Crippen MR) is 97.4 cm³/mol. The van der Waals surface area contributed by atoms with Crippen molar-refractivity contribution in [3.8, 4) is 11.5 Å². The first kappa shape index (κ1) is 18.0. The van der Waals surface area contributed by atoms with E-state index >= 15 is 0 Å². The zero-order valence-corrected chi connectivity index (χ0v) is 14.8. The normalized spacial score (nSPS) is 15.2. The van der Waals surface area contributed by atoms with Gasteiger partial charge in [0.25, 0.3) is 11.1 Å². The smallest absolute Gasteiger partial charge is 0.290 e. The van der Waals surface area contributed by atoms with E-state index in [4.69, 9.17) is 9.47 Å². The van der Waals surface area contributed by atoms with Gasteiger partial charge in [0, 0.05) is 5.56 Å². The predicted octanol–water partition coefficient (Wildman–Crippen LogP) is 4.13. The largest absolute Gasteiger partial charge is 0.490 e. The van der Waals surface area contributed by atoms with Crippen LogP contribution in [-0.4, -0.2) is 17.8 Å². The summed E-state index contributed by atoms with van der Waals surface area (Å²) in [5.41, 5.74) is 1.14. The summed E-state index contributed by atoms with van der Waals surface area (Å²) in [4.78, 5) is 23.2. The molecule has 0 bridgehead atoms. The number of hydrogen-bond donors (Lipinski definition) is 1. The van der Waals surface area contributed by atoms with Crippen LogP contribution in [-0.2, 0) is 11.4 Å². The molecule has 0 unspecified atom stereocenters.